The lowest BCUT2D eigenvalue weighted by atomic mass is 9.85. The van der Waals surface area contributed by atoms with Crippen LogP contribution in [0, 0.1) is 51.4 Å². The topological polar surface area (TPSA) is 114 Å². The third-order valence-corrected chi connectivity index (χ3v) is 6.68. The Kier molecular flexibility index (Phi) is 12.5. The maximum Gasteiger partial charge on any atom is 0.150 e. The fourth-order valence-corrected chi connectivity index (χ4v) is 3.81. The Hall–Kier alpha value is -3.97. The van der Waals surface area contributed by atoms with Gasteiger partial charge in [0.15, 0.2) is 0 Å². The Morgan fingerprint density at radius 1 is 0.707 bits per heavy atom. The van der Waals surface area contributed by atoms with E-state index in [-0.39, 0.29) is 17.2 Å². The molecular formula is C32H32BrF3N4O. The maximum absolute atomic E-state index is 13.5. The van der Waals surface area contributed by atoms with Gasteiger partial charge in [0.2, 0.25) is 0 Å². The lowest BCUT2D eigenvalue weighted by Crippen LogP contribution is -2.16. The van der Waals surface area contributed by atoms with E-state index in [1.807, 2.05) is 6.07 Å². The Morgan fingerprint density at radius 2 is 1.10 bits per heavy atom. The summed E-state index contributed by atoms with van der Waals surface area (Å²) in [4.78, 5) is 10.4. The lowest BCUT2D eigenvalue weighted by Gasteiger charge is -2.16. The molecule has 0 aliphatic heterocycles. The molecule has 5 nitrogen and oxygen atoms in total. The van der Waals surface area contributed by atoms with Crippen LogP contribution in [-0.2, 0) is 22.8 Å². The number of carbonyl (C=O) groups is 1. The van der Waals surface area contributed by atoms with Crippen molar-refractivity contribution in [1.82, 2.24) is 0 Å². The number of nitriles is 3. The molecule has 9 heteroatoms. The second-order valence-electron chi connectivity index (χ2n) is 10.7. The minimum Gasteiger partial charge on any atom is -0.326 e. The van der Waals surface area contributed by atoms with Gasteiger partial charge >= 0.3 is 0 Å². The van der Waals surface area contributed by atoms with Gasteiger partial charge in [-0.2, -0.15) is 15.8 Å². The van der Waals surface area contributed by atoms with Crippen LogP contribution >= 0.6 is 15.9 Å². The van der Waals surface area contributed by atoms with Gasteiger partial charge in [0.1, 0.15) is 23.7 Å². The summed E-state index contributed by atoms with van der Waals surface area (Å²) in [5, 5.41) is 26.5. The first-order chi connectivity index (χ1) is 19.0. The van der Waals surface area contributed by atoms with Gasteiger partial charge in [-0.25, -0.2) is 13.2 Å². The lowest BCUT2D eigenvalue weighted by molar-refractivity contribution is 0.112. The first kappa shape index (κ1) is 35.1. The number of benzene rings is 3. The molecule has 0 bridgehead atoms. The predicted octanol–water partition coefficient (Wildman–Crippen LogP) is 7.91. The van der Waals surface area contributed by atoms with E-state index in [0.717, 1.165) is 11.6 Å². The molecule has 0 aromatic heterocycles. The zero-order chi connectivity index (χ0) is 31.6. The first-order valence-corrected chi connectivity index (χ1v) is 13.2. The van der Waals surface area contributed by atoms with Crippen LogP contribution < -0.4 is 5.73 Å². The summed E-state index contributed by atoms with van der Waals surface area (Å²) in [5.41, 5.74) is 5.11. The zero-order valence-electron chi connectivity index (χ0n) is 23.8. The number of nitrogens with zero attached hydrogens (tertiary/aromatic N) is 3. The van der Waals surface area contributed by atoms with Crippen molar-refractivity contribution < 1.29 is 18.0 Å². The SMILES string of the molecule is CC(C)(C#N)c1ccc(Br)cc1F.CC(C)(C#N)c1ccc(C=O)cc1F.CC(C)(C#N)c1ccc(CN)cc1F. The second kappa shape index (κ2) is 14.6. The highest BCUT2D eigenvalue weighted by molar-refractivity contribution is 9.10. The molecule has 2 N–H and O–H groups in total. The fourth-order valence-electron chi connectivity index (χ4n) is 3.48. The standard InChI is InChI=1S/C11H13FN2.C11H10FNO.C10H9BrFN/c1-11(2,7-14)9-4-3-8(6-13)5-10(9)12;1-11(2,7-13)9-4-3-8(6-14)5-10(9)12;1-10(2,6-13)8-4-3-7(11)5-9(8)12/h3-5H,6,13H2,1-2H3;3-6H,1-2H3;3-5H,1-2H3. The molecule has 0 saturated heterocycles. The first-order valence-electron chi connectivity index (χ1n) is 12.4. The molecule has 3 aromatic carbocycles. The number of aldehydes is 1. The molecule has 3 rings (SSSR count). The average molecular weight is 626 g/mol. The fraction of sp³-hybridized carbons (Fsp3) is 0.312. The highest BCUT2D eigenvalue weighted by Crippen LogP contribution is 2.28. The van der Waals surface area contributed by atoms with Crippen molar-refractivity contribution in [2.24, 2.45) is 5.73 Å². The number of hydrogen-bond acceptors (Lipinski definition) is 5. The third kappa shape index (κ3) is 9.57. The van der Waals surface area contributed by atoms with Gasteiger partial charge in [-0.1, -0.05) is 46.3 Å². The van der Waals surface area contributed by atoms with E-state index in [0.29, 0.717) is 34.0 Å². The van der Waals surface area contributed by atoms with Crippen LogP contribution in [0.15, 0.2) is 59.1 Å². The minimum absolute atomic E-state index is 0.278. The van der Waals surface area contributed by atoms with Crippen molar-refractivity contribution in [3.8, 4) is 18.2 Å². The smallest absolute Gasteiger partial charge is 0.150 e. The Balaban J connectivity index is 0.000000308. The minimum atomic E-state index is -0.870. The van der Waals surface area contributed by atoms with Crippen LogP contribution in [-0.4, -0.2) is 6.29 Å². The summed E-state index contributed by atoms with van der Waals surface area (Å²) in [5.74, 6) is -1.22. The van der Waals surface area contributed by atoms with E-state index >= 15 is 0 Å². The largest absolute Gasteiger partial charge is 0.326 e. The van der Waals surface area contributed by atoms with Crippen LogP contribution in [0.1, 0.15) is 74.2 Å². The molecular weight excluding hydrogens is 593 g/mol. The summed E-state index contributed by atoms with van der Waals surface area (Å²) in [6.45, 7) is 10.3. The molecule has 0 unspecified atom stereocenters. The third-order valence-electron chi connectivity index (χ3n) is 6.19. The Morgan fingerprint density at radius 3 is 1.44 bits per heavy atom. The number of hydrogen-bond donors (Lipinski definition) is 1. The Bertz CT molecular complexity index is 1510. The van der Waals surface area contributed by atoms with Crippen LogP contribution in [0.5, 0.6) is 0 Å². The van der Waals surface area contributed by atoms with Gasteiger partial charge in [0.25, 0.3) is 0 Å². The van der Waals surface area contributed by atoms with Crippen molar-refractivity contribution in [1.29, 1.82) is 15.8 Å². The molecule has 41 heavy (non-hydrogen) atoms. The van der Waals surface area contributed by atoms with Gasteiger partial charge in [-0.15, -0.1) is 0 Å². The van der Waals surface area contributed by atoms with Gasteiger partial charge in [-0.3, -0.25) is 4.79 Å². The predicted molar refractivity (Wildman–Crippen MR) is 156 cm³/mol. The molecule has 0 fully saturated rings. The van der Waals surface area contributed by atoms with Gasteiger partial charge in [0.05, 0.1) is 34.5 Å². The van der Waals surface area contributed by atoms with Crippen LogP contribution in [0.2, 0.25) is 0 Å². The van der Waals surface area contributed by atoms with Crippen molar-refractivity contribution in [3.63, 3.8) is 0 Å². The molecule has 0 aliphatic carbocycles. The van der Waals surface area contributed by atoms with Crippen molar-refractivity contribution >= 4 is 22.2 Å². The summed E-state index contributed by atoms with van der Waals surface area (Å²) in [6.07, 6.45) is 0.576. The van der Waals surface area contributed by atoms with Crippen molar-refractivity contribution in [3.05, 3.63) is 104 Å². The molecule has 0 saturated carbocycles. The van der Waals surface area contributed by atoms with Crippen molar-refractivity contribution in [2.45, 2.75) is 64.3 Å². The van der Waals surface area contributed by atoms with Crippen LogP contribution in [0.4, 0.5) is 13.2 Å². The van der Waals surface area contributed by atoms with E-state index in [4.69, 9.17) is 21.5 Å². The summed E-state index contributed by atoms with van der Waals surface area (Å²) in [6, 6.07) is 19.7. The van der Waals surface area contributed by atoms with Gasteiger partial charge in [-0.05, 0) is 71.4 Å². The highest BCUT2D eigenvalue weighted by Gasteiger charge is 2.25. The molecule has 3 aromatic rings. The monoisotopic (exact) mass is 624 g/mol. The number of nitrogens with two attached hydrogens (primary N) is 1. The summed E-state index contributed by atoms with van der Waals surface area (Å²) in [7, 11) is 0. The Labute approximate surface area is 248 Å². The van der Waals surface area contributed by atoms with E-state index in [9.17, 15) is 18.0 Å². The quantitative estimate of drug-likeness (QED) is 0.290. The number of rotatable bonds is 5. The second-order valence-corrected chi connectivity index (χ2v) is 11.6. The maximum atomic E-state index is 13.5. The number of halogens is 4. The normalized spacial score (nSPS) is 10.9. The summed E-state index contributed by atoms with van der Waals surface area (Å²) >= 11 is 3.16. The van der Waals surface area contributed by atoms with Gasteiger partial charge < -0.3 is 5.73 Å². The zero-order valence-corrected chi connectivity index (χ0v) is 25.4. The summed E-state index contributed by atoms with van der Waals surface area (Å²) < 4.78 is 41.0. The van der Waals surface area contributed by atoms with E-state index in [1.165, 1.54) is 24.3 Å². The van der Waals surface area contributed by atoms with E-state index < -0.39 is 22.1 Å². The molecule has 0 amide bonds. The molecule has 0 heterocycles. The van der Waals surface area contributed by atoms with Gasteiger partial charge in [0, 0.05) is 33.3 Å². The molecule has 0 aliphatic rings. The van der Waals surface area contributed by atoms with E-state index in [1.54, 1.807) is 65.8 Å². The molecule has 0 spiro atoms. The average Bonchev–Trinajstić information content (AvgIpc) is 2.93. The highest BCUT2D eigenvalue weighted by atomic mass is 79.9. The van der Waals surface area contributed by atoms with E-state index in [2.05, 4.69) is 28.1 Å². The van der Waals surface area contributed by atoms with Crippen LogP contribution in [0.3, 0.4) is 0 Å². The van der Waals surface area contributed by atoms with Crippen LogP contribution in [0.25, 0.3) is 0 Å². The van der Waals surface area contributed by atoms with Crippen molar-refractivity contribution in [2.75, 3.05) is 0 Å². The molecule has 0 atom stereocenters. The molecule has 214 valence electrons. The number of carbonyl (C=O) groups excluding carboxylic acids is 1. The molecule has 0 radical (unpaired) electrons.